The molecule has 16 heavy (non-hydrogen) atoms. The van der Waals surface area contributed by atoms with Crippen molar-refractivity contribution in [1.82, 2.24) is 0 Å². The first kappa shape index (κ1) is 11.1. The van der Waals surface area contributed by atoms with E-state index in [9.17, 15) is 4.79 Å². The first-order valence-corrected chi connectivity index (χ1v) is 5.91. The zero-order chi connectivity index (χ0) is 11.4. The third-order valence-electron chi connectivity index (χ3n) is 3.00. The number of nitrogens with two attached hydrogens (primary N) is 1. The molecule has 1 aromatic carbocycles. The minimum atomic E-state index is -0.00161. The summed E-state index contributed by atoms with van der Waals surface area (Å²) < 4.78 is 0. The largest absolute Gasteiger partial charge is 0.330 e. The van der Waals surface area contributed by atoms with E-state index in [1.807, 2.05) is 6.07 Å². The number of fused-ring (bicyclic) bond motifs is 1. The SMILES string of the molecule is NCCC(=O)Nc1ccc2c(c1)CCCC2. The first-order chi connectivity index (χ1) is 7.79. The normalized spacial score (nSPS) is 14.3. The molecule has 0 atom stereocenters. The number of aryl methyl sites for hydroxylation is 2. The van der Waals surface area contributed by atoms with Gasteiger partial charge >= 0.3 is 0 Å². The van der Waals surface area contributed by atoms with E-state index in [-0.39, 0.29) is 5.91 Å². The van der Waals surface area contributed by atoms with Gasteiger partial charge in [0.1, 0.15) is 0 Å². The molecule has 2 rings (SSSR count). The van der Waals surface area contributed by atoms with Crippen LogP contribution in [0.2, 0.25) is 0 Å². The summed E-state index contributed by atoms with van der Waals surface area (Å²) in [4.78, 5) is 11.4. The molecule has 1 aliphatic rings. The van der Waals surface area contributed by atoms with Crippen LogP contribution in [0.25, 0.3) is 0 Å². The fourth-order valence-corrected chi connectivity index (χ4v) is 2.17. The third kappa shape index (κ3) is 2.61. The zero-order valence-electron chi connectivity index (χ0n) is 9.46. The van der Waals surface area contributed by atoms with Crippen molar-refractivity contribution in [1.29, 1.82) is 0 Å². The van der Waals surface area contributed by atoms with Gasteiger partial charge in [-0.1, -0.05) is 6.07 Å². The summed E-state index contributed by atoms with van der Waals surface area (Å²) in [6, 6.07) is 6.22. The molecule has 0 radical (unpaired) electrons. The molecule has 0 saturated heterocycles. The molecule has 1 aliphatic carbocycles. The van der Waals surface area contributed by atoms with Crippen molar-refractivity contribution >= 4 is 11.6 Å². The molecule has 0 aliphatic heterocycles. The monoisotopic (exact) mass is 218 g/mol. The van der Waals surface area contributed by atoms with Gasteiger partial charge in [-0.25, -0.2) is 0 Å². The Morgan fingerprint density at radius 3 is 2.75 bits per heavy atom. The molecule has 1 aromatic rings. The summed E-state index contributed by atoms with van der Waals surface area (Å²) in [6.07, 6.45) is 5.23. The number of rotatable bonds is 3. The highest BCUT2D eigenvalue weighted by Crippen LogP contribution is 2.24. The standard InChI is InChI=1S/C13H18N2O/c14-8-7-13(16)15-12-6-5-10-3-1-2-4-11(10)9-12/h5-6,9H,1-4,7-8,14H2,(H,15,16). The van der Waals surface area contributed by atoms with Gasteiger partial charge in [0.2, 0.25) is 5.91 Å². The number of hydrogen-bond donors (Lipinski definition) is 2. The highest BCUT2D eigenvalue weighted by Gasteiger charge is 2.10. The summed E-state index contributed by atoms with van der Waals surface area (Å²) in [5.74, 6) is -0.00161. The molecule has 0 saturated carbocycles. The van der Waals surface area contributed by atoms with Crippen LogP contribution < -0.4 is 11.1 Å². The van der Waals surface area contributed by atoms with Gasteiger partial charge in [-0.2, -0.15) is 0 Å². The number of amides is 1. The second kappa shape index (κ2) is 5.12. The molecule has 0 fully saturated rings. The molecule has 0 bridgehead atoms. The van der Waals surface area contributed by atoms with Crippen molar-refractivity contribution < 1.29 is 4.79 Å². The Balaban J connectivity index is 2.08. The summed E-state index contributed by atoms with van der Waals surface area (Å²) in [5, 5.41) is 2.87. The smallest absolute Gasteiger partial charge is 0.225 e. The van der Waals surface area contributed by atoms with Crippen LogP contribution in [-0.4, -0.2) is 12.5 Å². The summed E-state index contributed by atoms with van der Waals surface area (Å²) in [5.41, 5.74) is 9.05. The summed E-state index contributed by atoms with van der Waals surface area (Å²) in [6.45, 7) is 0.400. The Hall–Kier alpha value is -1.35. The molecular formula is C13H18N2O. The van der Waals surface area contributed by atoms with E-state index >= 15 is 0 Å². The molecule has 3 heteroatoms. The number of anilines is 1. The maximum Gasteiger partial charge on any atom is 0.225 e. The lowest BCUT2D eigenvalue weighted by molar-refractivity contribution is -0.116. The number of benzene rings is 1. The highest BCUT2D eigenvalue weighted by molar-refractivity contribution is 5.90. The highest BCUT2D eigenvalue weighted by atomic mass is 16.1. The molecular weight excluding hydrogens is 200 g/mol. The van der Waals surface area contributed by atoms with Crippen LogP contribution >= 0.6 is 0 Å². The number of carbonyl (C=O) groups excluding carboxylic acids is 1. The predicted molar refractivity (Wildman–Crippen MR) is 65.4 cm³/mol. The lowest BCUT2D eigenvalue weighted by atomic mass is 9.91. The van der Waals surface area contributed by atoms with E-state index < -0.39 is 0 Å². The van der Waals surface area contributed by atoms with E-state index in [4.69, 9.17) is 5.73 Å². The molecule has 0 spiro atoms. The van der Waals surface area contributed by atoms with Crippen LogP contribution in [0.3, 0.4) is 0 Å². The second-order valence-corrected chi connectivity index (χ2v) is 4.28. The Labute approximate surface area is 96.0 Å². The molecule has 1 amide bonds. The van der Waals surface area contributed by atoms with Gasteiger partial charge in [0.15, 0.2) is 0 Å². The second-order valence-electron chi connectivity index (χ2n) is 4.28. The predicted octanol–water partition coefficient (Wildman–Crippen LogP) is 1.85. The van der Waals surface area contributed by atoms with Crippen molar-refractivity contribution in [2.45, 2.75) is 32.1 Å². The Kier molecular flexibility index (Phi) is 3.57. The summed E-state index contributed by atoms with van der Waals surface area (Å²) in [7, 11) is 0. The van der Waals surface area contributed by atoms with Crippen molar-refractivity contribution in [3.63, 3.8) is 0 Å². The first-order valence-electron chi connectivity index (χ1n) is 5.91. The average molecular weight is 218 g/mol. The minimum Gasteiger partial charge on any atom is -0.330 e. The minimum absolute atomic E-state index is 0.00161. The summed E-state index contributed by atoms with van der Waals surface area (Å²) >= 11 is 0. The fraction of sp³-hybridized carbons (Fsp3) is 0.462. The topological polar surface area (TPSA) is 55.1 Å². The van der Waals surface area contributed by atoms with Gasteiger partial charge in [-0.15, -0.1) is 0 Å². The maximum atomic E-state index is 11.4. The number of carbonyl (C=O) groups is 1. The van der Waals surface area contributed by atoms with E-state index in [1.165, 1.54) is 30.4 Å². The van der Waals surface area contributed by atoms with Crippen LogP contribution in [0, 0.1) is 0 Å². The van der Waals surface area contributed by atoms with Crippen LogP contribution in [0.15, 0.2) is 18.2 Å². The Morgan fingerprint density at radius 1 is 1.25 bits per heavy atom. The van der Waals surface area contributed by atoms with E-state index in [2.05, 4.69) is 17.4 Å². The van der Waals surface area contributed by atoms with Crippen LogP contribution in [0.5, 0.6) is 0 Å². The van der Waals surface area contributed by atoms with Crippen LogP contribution in [0.4, 0.5) is 5.69 Å². The third-order valence-corrected chi connectivity index (χ3v) is 3.00. The van der Waals surface area contributed by atoms with Crippen molar-refractivity contribution in [3.8, 4) is 0 Å². The zero-order valence-corrected chi connectivity index (χ0v) is 9.46. The fourth-order valence-electron chi connectivity index (χ4n) is 2.17. The quantitative estimate of drug-likeness (QED) is 0.813. The molecule has 3 N–H and O–H groups in total. The van der Waals surface area contributed by atoms with Crippen molar-refractivity contribution in [2.24, 2.45) is 5.73 Å². The molecule has 0 unspecified atom stereocenters. The van der Waals surface area contributed by atoms with Crippen molar-refractivity contribution in [2.75, 3.05) is 11.9 Å². The van der Waals surface area contributed by atoms with Gasteiger partial charge in [-0.05, 0) is 48.9 Å². The van der Waals surface area contributed by atoms with Gasteiger partial charge < -0.3 is 11.1 Å². The van der Waals surface area contributed by atoms with E-state index in [1.54, 1.807) is 0 Å². The Morgan fingerprint density at radius 2 is 2.00 bits per heavy atom. The van der Waals surface area contributed by atoms with Gasteiger partial charge in [-0.3, -0.25) is 4.79 Å². The molecule has 3 nitrogen and oxygen atoms in total. The van der Waals surface area contributed by atoms with Crippen molar-refractivity contribution in [3.05, 3.63) is 29.3 Å². The Bertz CT molecular complexity index is 388. The molecule has 0 heterocycles. The van der Waals surface area contributed by atoms with E-state index in [0.29, 0.717) is 13.0 Å². The lowest BCUT2D eigenvalue weighted by Gasteiger charge is -2.16. The molecule has 86 valence electrons. The van der Waals surface area contributed by atoms with Gasteiger partial charge in [0.25, 0.3) is 0 Å². The van der Waals surface area contributed by atoms with Crippen LogP contribution in [-0.2, 0) is 17.6 Å². The van der Waals surface area contributed by atoms with Crippen LogP contribution in [0.1, 0.15) is 30.4 Å². The number of nitrogens with one attached hydrogen (secondary N) is 1. The maximum absolute atomic E-state index is 11.4. The van der Waals surface area contributed by atoms with E-state index in [0.717, 1.165) is 12.1 Å². The molecule has 0 aromatic heterocycles. The number of hydrogen-bond acceptors (Lipinski definition) is 2. The average Bonchev–Trinajstić information content (AvgIpc) is 2.29. The van der Waals surface area contributed by atoms with Gasteiger partial charge in [0, 0.05) is 18.7 Å². The van der Waals surface area contributed by atoms with Gasteiger partial charge in [0.05, 0.1) is 0 Å². The lowest BCUT2D eigenvalue weighted by Crippen LogP contribution is -2.16.